The van der Waals surface area contributed by atoms with Gasteiger partial charge in [-0.1, -0.05) is 6.07 Å². The average molecular weight is 255 g/mol. The van der Waals surface area contributed by atoms with E-state index in [1.807, 2.05) is 6.92 Å². The first kappa shape index (κ1) is 12.0. The number of ether oxygens (including phenoxy) is 1. The van der Waals surface area contributed by atoms with Gasteiger partial charge >= 0.3 is 0 Å². The first-order valence-corrected chi connectivity index (χ1v) is 5.58. The fourth-order valence-electron chi connectivity index (χ4n) is 1.68. The van der Waals surface area contributed by atoms with E-state index < -0.39 is 11.2 Å². The van der Waals surface area contributed by atoms with Gasteiger partial charge in [0.2, 0.25) is 0 Å². The minimum absolute atomic E-state index is 0.210. The fraction of sp³-hybridized carbons (Fsp3) is 0.231. The van der Waals surface area contributed by atoms with Crippen LogP contribution < -0.4 is 4.74 Å². The summed E-state index contributed by atoms with van der Waals surface area (Å²) >= 11 is 6.28. The molecule has 0 amide bonds. The summed E-state index contributed by atoms with van der Waals surface area (Å²) in [5.74, 6) is 0.527. The summed E-state index contributed by atoms with van der Waals surface area (Å²) in [6, 6.07) is 6.47. The highest BCUT2D eigenvalue weighted by atomic mass is 35.5. The minimum Gasteiger partial charge on any atom is -0.494 e. The maximum absolute atomic E-state index is 13.5. The molecule has 0 saturated carbocycles. The zero-order valence-electron chi connectivity index (χ0n) is 9.54. The molecule has 0 radical (unpaired) electrons. The molecule has 1 heterocycles. The molecule has 0 spiro atoms. The van der Waals surface area contributed by atoms with Crippen LogP contribution in [0.15, 0.2) is 34.9 Å². The van der Waals surface area contributed by atoms with Crippen LogP contribution in [-0.2, 0) is 0 Å². The first-order valence-electron chi connectivity index (χ1n) is 5.15. The Balaban J connectivity index is 2.35. The molecule has 2 nitrogen and oxygen atoms in total. The molecule has 1 unspecified atom stereocenters. The molecule has 4 heteroatoms. The molecule has 17 heavy (non-hydrogen) atoms. The van der Waals surface area contributed by atoms with Crippen molar-refractivity contribution in [1.82, 2.24) is 0 Å². The van der Waals surface area contributed by atoms with Crippen LogP contribution in [0, 0.1) is 12.7 Å². The quantitative estimate of drug-likeness (QED) is 0.771. The molecule has 90 valence electrons. The van der Waals surface area contributed by atoms with Crippen LogP contribution in [0.2, 0.25) is 0 Å². The summed E-state index contributed by atoms with van der Waals surface area (Å²) in [6.45, 7) is 1.82. The number of halogens is 2. The maximum atomic E-state index is 13.5. The van der Waals surface area contributed by atoms with Crippen molar-refractivity contribution in [3.05, 3.63) is 53.2 Å². The van der Waals surface area contributed by atoms with Gasteiger partial charge in [0.05, 0.1) is 18.8 Å². The summed E-state index contributed by atoms with van der Waals surface area (Å²) in [5, 5.41) is -0.422. The number of aryl methyl sites for hydroxylation is 1. The Bertz CT molecular complexity index is 522. The van der Waals surface area contributed by atoms with E-state index in [0.717, 1.165) is 11.3 Å². The van der Waals surface area contributed by atoms with E-state index in [0.29, 0.717) is 5.56 Å². The number of methoxy groups -OCH3 is 1. The smallest absolute Gasteiger partial charge is 0.165 e. The lowest BCUT2D eigenvalue weighted by atomic mass is 10.0. The van der Waals surface area contributed by atoms with Gasteiger partial charge in [-0.25, -0.2) is 4.39 Å². The van der Waals surface area contributed by atoms with Crippen molar-refractivity contribution in [2.75, 3.05) is 7.11 Å². The third-order valence-electron chi connectivity index (χ3n) is 2.64. The molecule has 2 rings (SSSR count). The van der Waals surface area contributed by atoms with Crippen molar-refractivity contribution in [3.8, 4) is 5.75 Å². The Kier molecular flexibility index (Phi) is 3.38. The highest BCUT2D eigenvalue weighted by Gasteiger charge is 2.16. The summed E-state index contributed by atoms with van der Waals surface area (Å²) in [6.07, 6.45) is 1.57. The fourth-order valence-corrected chi connectivity index (χ4v) is 2.04. The first-order chi connectivity index (χ1) is 8.13. The zero-order chi connectivity index (χ0) is 12.4. The largest absolute Gasteiger partial charge is 0.494 e. The summed E-state index contributed by atoms with van der Waals surface area (Å²) < 4.78 is 23.6. The van der Waals surface area contributed by atoms with Crippen LogP contribution in [0.4, 0.5) is 4.39 Å². The Labute approximate surface area is 104 Å². The highest BCUT2D eigenvalue weighted by molar-refractivity contribution is 6.22. The lowest BCUT2D eigenvalue weighted by Gasteiger charge is -2.10. The van der Waals surface area contributed by atoms with Crippen LogP contribution in [0.3, 0.4) is 0 Å². The topological polar surface area (TPSA) is 22.4 Å². The molecule has 0 fully saturated rings. The van der Waals surface area contributed by atoms with Crippen molar-refractivity contribution < 1.29 is 13.5 Å². The van der Waals surface area contributed by atoms with Gasteiger partial charge in [0.25, 0.3) is 0 Å². The van der Waals surface area contributed by atoms with Gasteiger partial charge in [0.15, 0.2) is 11.6 Å². The minimum atomic E-state index is -0.422. The molecule has 0 N–H and O–H groups in total. The van der Waals surface area contributed by atoms with Gasteiger partial charge in [0, 0.05) is 5.56 Å². The third kappa shape index (κ3) is 2.29. The van der Waals surface area contributed by atoms with Gasteiger partial charge < -0.3 is 9.15 Å². The van der Waals surface area contributed by atoms with Gasteiger partial charge in [-0.05, 0) is 30.7 Å². The number of hydrogen-bond acceptors (Lipinski definition) is 2. The second-order valence-electron chi connectivity index (χ2n) is 3.69. The molecule has 0 aliphatic rings. The molecule has 0 aliphatic carbocycles. The number of alkyl halides is 1. The predicted octanol–water partition coefficient (Wildman–Crippen LogP) is 4.06. The number of hydrogen-bond donors (Lipinski definition) is 0. The normalized spacial score (nSPS) is 12.5. The molecular formula is C13H12ClFO2. The zero-order valence-corrected chi connectivity index (χ0v) is 10.3. The highest BCUT2D eigenvalue weighted by Crippen LogP contribution is 2.33. The predicted molar refractivity (Wildman–Crippen MR) is 64.1 cm³/mol. The van der Waals surface area contributed by atoms with Crippen LogP contribution >= 0.6 is 11.6 Å². The standard InChI is InChI=1S/C13H12ClFO2/c1-8-10(5-6-17-8)13(14)9-3-4-12(16-2)11(15)7-9/h3-7,13H,1-2H3. The van der Waals surface area contributed by atoms with Crippen LogP contribution in [0.25, 0.3) is 0 Å². The average Bonchev–Trinajstić information content (AvgIpc) is 2.74. The lowest BCUT2D eigenvalue weighted by Crippen LogP contribution is -1.96. The summed E-state index contributed by atoms with van der Waals surface area (Å²) in [4.78, 5) is 0. The SMILES string of the molecule is COc1ccc(C(Cl)c2ccoc2C)cc1F. The molecule has 0 aliphatic heterocycles. The Hall–Kier alpha value is -1.48. The maximum Gasteiger partial charge on any atom is 0.165 e. The lowest BCUT2D eigenvalue weighted by molar-refractivity contribution is 0.386. The molecule has 1 aromatic heterocycles. The second kappa shape index (κ2) is 4.80. The van der Waals surface area contributed by atoms with E-state index in [4.69, 9.17) is 20.8 Å². The Morgan fingerprint density at radius 3 is 2.65 bits per heavy atom. The van der Waals surface area contributed by atoms with E-state index in [1.54, 1.807) is 24.5 Å². The monoisotopic (exact) mass is 254 g/mol. The summed E-state index contributed by atoms with van der Waals surface area (Å²) in [5.41, 5.74) is 1.52. The van der Waals surface area contributed by atoms with Gasteiger partial charge in [0.1, 0.15) is 5.76 Å². The summed E-state index contributed by atoms with van der Waals surface area (Å²) in [7, 11) is 1.43. The van der Waals surface area contributed by atoms with Crippen molar-refractivity contribution in [2.45, 2.75) is 12.3 Å². The Morgan fingerprint density at radius 2 is 2.12 bits per heavy atom. The van der Waals surface area contributed by atoms with E-state index >= 15 is 0 Å². The molecule has 0 bridgehead atoms. The van der Waals surface area contributed by atoms with Crippen LogP contribution in [-0.4, -0.2) is 7.11 Å². The molecular weight excluding hydrogens is 243 g/mol. The molecule has 0 saturated heterocycles. The van der Waals surface area contributed by atoms with Gasteiger partial charge in [-0.3, -0.25) is 0 Å². The van der Waals surface area contributed by atoms with E-state index in [1.165, 1.54) is 13.2 Å². The molecule has 1 atom stereocenters. The number of furan rings is 1. The molecule has 2 aromatic rings. The van der Waals surface area contributed by atoms with Crippen molar-refractivity contribution >= 4 is 11.6 Å². The van der Waals surface area contributed by atoms with E-state index in [-0.39, 0.29) is 5.75 Å². The van der Waals surface area contributed by atoms with Gasteiger partial charge in [-0.2, -0.15) is 0 Å². The van der Waals surface area contributed by atoms with Crippen molar-refractivity contribution in [2.24, 2.45) is 0 Å². The second-order valence-corrected chi connectivity index (χ2v) is 4.13. The van der Waals surface area contributed by atoms with Crippen LogP contribution in [0.1, 0.15) is 22.3 Å². The van der Waals surface area contributed by atoms with Crippen molar-refractivity contribution in [1.29, 1.82) is 0 Å². The third-order valence-corrected chi connectivity index (χ3v) is 3.13. The van der Waals surface area contributed by atoms with Gasteiger partial charge in [-0.15, -0.1) is 11.6 Å². The van der Waals surface area contributed by atoms with Crippen LogP contribution in [0.5, 0.6) is 5.75 Å². The van der Waals surface area contributed by atoms with E-state index in [2.05, 4.69) is 0 Å². The van der Waals surface area contributed by atoms with E-state index in [9.17, 15) is 4.39 Å². The molecule has 1 aromatic carbocycles. The number of benzene rings is 1. The Morgan fingerprint density at radius 1 is 1.35 bits per heavy atom. The number of rotatable bonds is 3. The van der Waals surface area contributed by atoms with Crippen molar-refractivity contribution in [3.63, 3.8) is 0 Å².